The minimum absolute atomic E-state index is 0.103. The van der Waals surface area contributed by atoms with E-state index in [9.17, 15) is 4.79 Å². The number of carbonyl (C=O) groups is 1. The highest BCUT2D eigenvalue weighted by Gasteiger charge is 2.21. The van der Waals surface area contributed by atoms with Gasteiger partial charge in [0.25, 0.3) is 0 Å². The molecule has 1 atom stereocenters. The van der Waals surface area contributed by atoms with Gasteiger partial charge in [0.2, 0.25) is 5.91 Å². The number of aryl methyl sites for hydroxylation is 1. The first kappa shape index (κ1) is 13.7. The molecule has 0 aromatic carbocycles. The van der Waals surface area contributed by atoms with Crippen LogP contribution < -0.4 is 11.1 Å². The Morgan fingerprint density at radius 2 is 2.21 bits per heavy atom. The van der Waals surface area contributed by atoms with Crippen molar-refractivity contribution in [2.45, 2.75) is 33.2 Å². The third kappa shape index (κ3) is 2.84. The first-order valence-electron chi connectivity index (χ1n) is 6.33. The molecule has 0 radical (unpaired) electrons. The minimum Gasteiger partial charge on any atom is -0.368 e. The molecular formula is C13H18N4OS. The molecule has 0 saturated heterocycles. The summed E-state index contributed by atoms with van der Waals surface area (Å²) in [5, 5.41) is 6.07. The summed E-state index contributed by atoms with van der Waals surface area (Å²) in [5.74, 6) is 1.20. The Bertz CT molecular complexity index is 593. The van der Waals surface area contributed by atoms with Gasteiger partial charge in [-0.2, -0.15) is 0 Å². The predicted molar refractivity (Wildman–Crippen MR) is 78.2 cm³/mol. The number of nitrogens with two attached hydrogens (primary N) is 1. The Labute approximate surface area is 116 Å². The second-order valence-corrected chi connectivity index (χ2v) is 5.64. The molecule has 2 rings (SSSR count). The first-order chi connectivity index (χ1) is 9.02. The first-order valence-corrected chi connectivity index (χ1v) is 7.20. The molecule has 0 aliphatic rings. The molecule has 2 aromatic rings. The number of primary amides is 1. The van der Waals surface area contributed by atoms with E-state index in [-0.39, 0.29) is 11.8 Å². The molecule has 102 valence electrons. The van der Waals surface area contributed by atoms with Crippen molar-refractivity contribution in [1.82, 2.24) is 9.97 Å². The number of aromatic nitrogens is 2. The second-order valence-electron chi connectivity index (χ2n) is 4.75. The molecule has 0 bridgehead atoms. The van der Waals surface area contributed by atoms with Gasteiger partial charge in [-0.25, -0.2) is 9.97 Å². The highest BCUT2D eigenvalue weighted by atomic mass is 32.1. The second kappa shape index (κ2) is 5.52. The Balaban J connectivity index is 2.43. The van der Waals surface area contributed by atoms with Crippen molar-refractivity contribution in [2.75, 3.05) is 5.32 Å². The van der Waals surface area contributed by atoms with Crippen molar-refractivity contribution in [3.8, 4) is 0 Å². The number of fused-ring (bicyclic) bond motifs is 1. The smallest absolute Gasteiger partial charge is 0.240 e. The SMILES string of the molecule is CCc1nc(NC(C(N)=O)C(C)C)c2ccsc2n1. The Kier molecular flexibility index (Phi) is 3.99. The van der Waals surface area contributed by atoms with Crippen LogP contribution in [0, 0.1) is 5.92 Å². The molecular weight excluding hydrogens is 260 g/mol. The van der Waals surface area contributed by atoms with E-state index >= 15 is 0 Å². The monoisotopic (exact) mass is 278 g/mol. The van der Waals surface area contributed by atoms with Crippen molar-refractivity contribution in [1.29, 1.82) is 0 Å². The number of nitrogens with zero attached hydrogens (tertiary/aromatic N) is 2. The summed E-state index contributed by atoms with van der Waals surface area (Å²) in [5.41, 5.74) is 5.43. The van der Waals surface area contributed by atoms with Crippen LogP contribution in [0.25, 0.3) is 10.2 Å². The molecule has 0 spiro atoms. The van der Waals surface area contributed by atoms with Crippen LogP contribution in [0.3, 0.4) is 0 Å². The van der Waals surface area contributed by atoms with Crippen molar-refractivity contribution in [2.24, 2.45) is 11.7 Å². The molecule has 19 heavy (non-hydrogen) atoms. The van der Waals surface area contributed by atoms with E-state index < -0.39 is 6.04 Å². The van der Waals surface area contributed by atoms with Crippen LogP contribution in [0.5, 0.6) is 0 Å². The lowest BCUT2D eigenvalue weighted by atomic mass is 10.0. The normalized spacial score (nSPS) is 12.8. The molecule has 6 heteroatoms. The summed E-state index contributed by atoms with van der Waals surface area (Å²) in [6.07, 6.45) is 0.755. The van der Waals surface area contributed by atoms with E-state index in [4.69, 9.17) is 5.73 Å². The standard InChI is InChI=1S/C13H18N4OS/c1-4-9-15-12(8-5-6-19-13(8)16-9)17-10(7(2)3)11(14)18/h5-7,10H,4H2,1-3H3,(H2,14,18)(H,15,16,17). The van der Waals surface area contributed by atoms with Gasteiger partial charge in [0, 0.05) is 6.42 Å². The van der Waals surface area contributed by atoms with Crippen LogP contribution in [-0.4, -0.2) is 21.9 Å². The van der Waals surface area contributed by atoms with Crippen LogP contribution in [0.15, 0.2) is 11.4 Å². The van der Waals surface area contributed by atoms with Crippen molar-refractivity contribution in [3.63, 3.8) is 0 Å². The number of hydrogen-bond donors (Lipinski definition) is 2. The predicted octanol–water partition coefficient (Wildman–Crippen LogP) is 2.18. The average molecular weight is 278 g/mol. The molecule has 0 saturated carbocycles. The Morgan fingerprint density at radius 1 is 1.47 bits per heavy atom. The van der Waals surface area contributed by atoms with Crippen LogP contribution >= 0.6 is 11.3 Å². The maximum Gasteiger partial charge on any atom is 0.240 e. The van der Waals surface area contributed by atoms with Crippen molar-refractivity contribution >= 4 is 33.3 Å². The number of anilines is 1. The molecule has 0 aliphatic heterocycles. The Hall–Kier alpha value is -1.69. The van der Waals surface area contributed by atoms with Gasteiger partial charge >= 0.3 is 0 Å². The van der Waals surface area contributed by atoms with E-state index in [1.807, 2.05) is 32.2 Å². The zero-order valence-corrected chi connectivity index (χ0v) is 12.1. The van der Waals surface area contributed by atoms with Gasteiger partial charge in [-0.1, -0.05) is 20.8 Å². The van der Waals surface area contributed by atoms with Crippen LogP contribution in [-0.2, 0) is 11.2 Å². The number of hydrogen-bond acceptors (Lipinski definition) is 5. The van der Waals surface area contributed by atoms with Gasteiger partial charge in [-0.3, -0.25) is 4.79 Å². The zero-order valence-electron chi connectivity index (χ0n) is 11.3. The summed E-state index contributed by atoms with van der Waals surface area (Å²) >= 11 is 1.57. The lowest BCUT2D eigenvalue weighted by molar-refractivity contribution is -0.119. The van der Waals surface area contributed by atoms with E-state index in [1.54, 1.807) is 11.3 Å². The molecule has 0 fully saturated rings. The molecule has 0 aliphatic carbocycles. The van der Waals surface area contributed by atoms with Crippen molar-refractivity contribution in [3.05, 3.63) is 17.3 Å². The average Bonchev–Trinajstić information content (AvgIpc) is 2.82. The lowest BCUT2D eigenvalue weighted by Crippen LogP contribution is -2.39. The molecule has 3 N–H and O–H groups in total. The topological polar surface area (TPSA) is 80.9 Å². The number of nitrogens with one attached hydrogen (secondary N) is 1. The van der Waals surface area contributed by atoms with Gasteiger partial charge < -0.3 is 11.1 Å². The van der Waals surface area contributed by atoms with Gasteiger partial charge in [-0.15, -0.1) is 11.3 Å². The molecule has 2 aromatic heterocycles. The fourth-order valence-electron chi connectivity index (χ4n) is 1.88. The van der Waals surface area contributed by atoms with E-state index in [0.717, 1.165) is 22.5 Å². The molecule has 1 amide bonds. The third-order valence-electron chi connectivity index (χ3n) is 2.95. The summed E-state index contributed by atoms with van der Waals surface area (Å²) in [7, 11) is 0. The fourth-order valence-corrected chi connectivity index (χ4v) is 2.66. The largest absolute Gasteiger partial charge is 0.368 e. The quantitative estimate of drug-likeness (QED) is 0.878. The van der Waals surface area contributed by atoms with Crippen LogP contribution in [0.4, 0.5) is 5.82 Å². The highest BCUT2D eigenvalue weighted by molar-refractivity contribution is 7.16. The maximum absolute atomic E-state index is 11.5. The van der Waals surface area contributed by atoms with Gasteiger partial charge in [-0.05, 0) is 17.4 Å². The van der Waals surface area contributed by atoms with E-state index in [2.05, 4.69) is 15.3 Å². The van der Waals surface area contributed by atoms with Crippen LogP contribution in [0.2, 0.25) is 0 Å². The zero-order chi connectivity index (χ0) is 14.0. The van der Waals surface area contributed by atoms with E-state index in [0.29, 0.717) is 5.82 Å². The number of rotatable bonds is 5. The number of thiophene rings is 1. The number of carbonyl (C=O) groups excluding carboxylic acids is 1. The lowest BCUT2D eigenvalue weighted by Gasteiger charge is -2.20. The molecule has 2 heterocycles. The van der Waals surface area contributed by atoms with Crippen molar-refractivity contribution < 1.29 is 4.79 Å². The molecule has 5 nitrogen and oxygen atoms in total. The van der Waals surface area contributed by atoms with E-state index in [1.165, 1.54) is 0 Å². The summed E-state index contributed by atoms with van der Waals surface area (Å²) in [4.78, 5) is 21.4. The summed E-state index contributed by atoms with van der Waals surface area (Å²) in [6, 6.07) is 1.53. The summed E-state index contributed by atoms with van der Waals surface area (Å²) < 4.78 is 0. The van der Waals surface area contributed by atoms with Crippen LogP contribution in [0.1, 0.15) is 26.6 Å². The van der Waals surface area contributed by atoms with Gasteiger partial charge in [0.05, 0.1) is 5.39 Å². The number of amides is 1. The van der Waals surface area contributed by atoms with Gasteiger partial charge in [0.1, 0.15) is 22.5 Å². The fraction of sp³-hybridized carbons (Fsp3) is 0.462. The van der Waals surface area contributed by atoms with Gasteiger partial charge in [0.15, 0.2) is 0 Å². The third-order valence-corrected chi connectivity index (χ3v) is 3.76. The molecule has 1 unspecified atom stereocenters. The summed E-state index contributed by atoms with van der Waals surface area (Å²) in [6.45, 7) is 5.91. The highest BCUT2D eigenvalue weighted by Crippen LogP contribution is 2.26. The minimum atomic E-state index is -0.428. The maximum atomic E-state index is 11.5. The Morgan fingerprint density at radius 3 is 2.79 bits per heavy atom.